The number of benzene rings is 1. The summed E-state index contributed by atoms with van der Waals surface area (Å²) in [5.74, 6) is 1.20. The maximum absolute atomic E-state index is 12.6. The predicted molar refractivity (Wildman–Crippen MR) is 117 cm³/mol. The van der Waals surface area contributed by atoms with Crippen molar-refractivity contribution < 1.29 is 19.1 Å². The molecule has 162 valence electrons. The van der Waals surface area contributed by atoms with E-state index in [1.165, 1.54) is 0 Å². The zero-order chi connectivity index (χ0) is 21.3. The lowest BCUT2D eigenvalue weighted by molar-refractivity contribution is -0.126. The molecule has 0 radical (unpaired) electrons. The van der Waals surface area contributed by atoms with Gasteiger partial charge in [-0.2, -0.15) is 0 Å². The number of amides is 3. The molecular formula is C22H29N3O4S. The van der Waals surface area contributed by atoms with E-state index in [1.807, 2.05) is 35.7 Å². The number of methoxy groups -OCH3 is 2. The fraction of sp³-hybridized carbons (Fsp3) is 0.455. The van der Waals surface area contributed by atoms with Gasteiger partial charge in [0.05, 0.1) is 26.7 Å². The fourth-order valence-corrected chi connectivity index (χ4v) is 4.22. The van der Waals surface area contributed by atoms with E-state index < -0.39 is 0 Å². The summed E-state index contributed by atoms with van der Waals surface area (Å²) in [4.78, 5) is 27.9. The molecule has 1 aromatic heterocycles. The first-order chi connectivity index (χ1) is 14.6. The van der Waals surface area contributed by atoms with E-state index in [0.29, 0.717) is 44.1 Å². The summed E-state index contributed by atoms with van der Waals surface area (Å²) >= 11 is 1.62. The summed E-state index contributed by atoms with van der Waals surface area (Å²) in [6.07, 6.45) is 2.33. The highest BCUT2D eigenvalue weighted by atomic mass is 32.1. The molecular weight excluding hydrogens is 402 g/mol. The molecule has 0 saturated carbocycles. The average molecular weight is 432 g/mol. The largest absolute Gasteiger partial charge is 0.493 e. The molecule has 8 heteroatoms. The zero-order valence-corrected chi connectivity index (χ0v) is 18.3. The van der Waals surface area contributed by atoms with E-state index in [0.717, 1.165) is 23.3 Å². The Hall–Kier alpha value is -2.74. The first-order valence-electron chi connectivity index (χ1n) is 10.1. The molecule has 3 rings (SSSR count). The van der Waals surface area contributed by atoms with Crippen molar-refractivity contribution >= 4 is 23.3 Å². The number of hydrogen-bond donors (Lipinski definition) is 2. The highest BCUT2D eigenvalue weighted by molar-refractivity contribution is 7.09. The average Bonchev–Trinajstić information content (AvgIpc) is 3.31. The van der Waals surface area contributed by atoms with Gasteiger partial charge < -0.3 is 25.0 Å². The van der Waals surface area contributed by atoms with Crippen LogP contribution in [0.2, 0.25) is 0 Å². The summed E-state index contributed by atoms with van der Waals surface area (Å²) in [5, 5.41) is 7.95. The van der Waals surface area contributed by atoms with Gasteiger partial charge in [-0.1, -0.05) is 12.1 Å². The molecule has 1 aromatic carbocycles. The molecule has 2 N–H and O–H groups in total. The molecule has 2 heterocycles. The Morgan fingerprint density at radius 1 is 1.17 bits per heavy atom. The van der Waals surface area contributed by atoms with Gasteiger partial charge in [0.25, 0.3) is 0 Å². The predicted octanol–water partition coefficient (Wildman–Crippen LogP) is 3.05. The van der Waals surface area contributed by atoms with Crippen LogP contribution in [-0.4, -0.2) is 50.7 Å². The van der Waals surface area contributed by atoms with E-state index in [-0.39, 0.29) is 17.9 Å². The molecule has 7 nitrogen and oxygen atoms in total. The van der Waals surface area contributed by atoms with E-state index in [1.54, 1.807) is 30.5 Å². The van der Waals surface area contributed by atoms with Gasteiger partial charge in [0.1, 0.15) is 0 Å². The quantitative estimate of drug-likeness (QED) is 0.673. The van der Waals surface area contributed by atoms with Crippen molar-refractivity contribution in [3.05, 3.63) is 46.2 Å². The lowest BCUT2D eigenvalue weighted by atomic mass is 9.97. The van der Waals surface area contributed by atoms with Crippen LogP contribution in [0, 0.1) is 5.92 Å². The van der Waals surface area contributed by atoms with Gasteiger partial charge >= 0.3 is 6.03 Å². The number of nitrogens with one attached hydrogen (secondary N) is 2. The Balaban J connectivity index is 1.44. The summed E-state index contributed by atoms with van der Waals surface area (Å²) in [6.45, 7) is 2.20. The Morgan fingerprint density at radius 2 is 2.00 bits per heavy atom. The first kappa shape index (κ1) is 22.0. The number of piperidine rings is 1. The molecule has 1 saturated heterocycles. The molecule has 0 aliphatic carbocycles. The second-order valence-corrected chi connectivity index (χ2v) is 8.29. The van der Waals surface area contributed by atoms with Gasteiger partial charge in [-0.15, -0.1) is 11.3 Å². The highest BCUT2D eigenvalue weighted by Crippen LogP contribution is 2.27. The number of carbonyl (C=O) groups is 2. The van der Waals surface area contributed by atoms with Crippen LogP contribution in [0.3, 0.4) is 0 Å². The third kappa shape index (κ3) is 5.89. The minimum Gasteiger partial charge on any atom is -0.493 e. The van der Waals surface area contributed by atoms with Crippen LogP contribution in [0.1, 0.15) is 23.3 Å². The van der Waals surface area contributed by atoms with Gasteiger partial charge in [-0.25, -0.2) is 4.79 Å². The number of likely N-dealkylation sites (tertiary alicyclic amines) is 1. The van der Waals surface area contributed by atoms with E-state index >= 15 is 0 Å². The molecule has 1 atom stereocenters. The van der Waals surface area contributed by atoms with Gasteiger partial charge in [0.2, 0.25) is 5.91 Å². The van der Waals surface area contributed by atoms with Crippen molar-refractivity contribution in [3.63, 3.8) is 0 Å². The summed E-state index contributed by atoms with van der Waals surface area (Å²) in [7, 11) is 3.21. The van der Waals surface area contributed by atoms with Crippen molar-refractivity contribution in [3.8, 4) is 11.5 Å². The maximum atomic E-state index is 12.6. The monoisotopic (exact) mass is 431 g/mol. The van der Waals surface area contributed by atoms with Crippen molar-refractivity contribution in [2.24, 2.45) is 5.92 Å². The van der Waals surface area contributed by atoms with Crippen molar-refractivity contribution in [2.75, 3.05) is 33.9 Å². The molecule has 30 heavy (non-hydrogen) atoms. The second kappa shape index (κ2) is 10.9. The van der Waals surface area contributed by atoms with Crippen LogP contribution in [0.4, 0.5) is 4.79 Å². The van der Waals surface area contributed by atoms with Crippen LogP contribution in [-0.2, 0) is 17.8 Å². The summed E-state index contributed by atoms with van der Waals surface area (Å²) in [5.41, 5.74) is 1.06. The lowest BCUT2D eigenvalue weighted by Crippen LogP contribution is -2.48. The van der Waals surface area contributed by atoms with Crippen LogP contribution < -0.4 is 20.1 Å². The Labute approximate surface area is 181 Å². The van der Waals surface area contributed by atoms with Crippen LogP contribution in [0.15, 0.2) is 35.7 Å². The minimum atomic E-state index is -0.170. The molecule has 1 unspecified atom stereocenters. The maximum Gasteiger partial charge on any atom is 0.317 e. The molecule has 1 aliphatic rings. The normalized spacial score (nSPS) is 16.1. The number of rotatable bonds is 8. The van der Waals surface area contributed by atoms with E-state index in [2.05, 4.69) is 10.6 Å². The summed E-state index contributed by atoms with van der Waals surface area (Å²) < 4.78 is 10.6. The van der Waals surface area contributed by atoms with Crippen LogP contribution >= 0.6 is 11.3 Å². The van der Waals surface area contributed by atoms with Crippen molar-refractivity contribution in [2.45, 2.75) is 25.8 Å². The smallest absolute Gasteiger partial charge is 0.317 e. The number of urea groups is 1. The third-order valence-corrected chi connectivity index (χ3v) is 6.11. The lowest BCUT2D eigenvalue weighted by Gasteiger charge is -2.32. The third-order valence-electron chi connectivity index (χ3n) is 5.23. The van der Waals surface area contributed by atoms with E-state index in [9.17, 15) is 9.59 Å². The summed E-state index contributed by atoms with van der Waals surface area (Å²) in [6, 6.07) is 9.61. The molecule has 1 aliphatic heterocycles. The topological polar surface area (TPSA) is 79.9 Å². The van der Waals surface area contributed by atoms with Gasteiger partial charge in [0, 0.05) is 24.5 Å². The zero-order valence-electron chi connectivity index (χ0n) is 17.5. The van der Waals surface area contributed by atoms with Crippen molar-refractivity contribution in [1.82, 2.24) is 15.5 Å². The number of carbonyl (C=O) groups excluding carboxylic acids is 2. The fourth-order valence-electron chi connectivity index (χ4n) is 3.57. The Kier molecular flexibility index (Phi) is 7.96. The standard InChI is InChI=1S/C22H29N3O4S/c1-28-19-8-7-16(13-20(19)29-2)9-10-23-21(26)17-5-3-11-25(15-17)22(27)24-14-18-6-4-12-30-18/h4,6-8,12-13,17H,3,5,9-11,14-15H2,1-2H3,(H,23,26)(H,24,27). The van der Waals surface area contributed by atoms with Crippen molar-refractivity contribution in [1.29, 1.82) is 0 Å². The molecule has 0 bridgehead atoms. The van der Waals surface area contributed by atoms with Crippen LogP contribution in [0.25, 0.3) is 0 Å². The molecule has 2 aromatic rings. The number of nitrogens with zero attached hydrogens (tertiary/aromatic N) is 1. The van der Waals surface area contributed by atoms with Gasteiger partial charge in [0.15, 0.2) is 11.5 Å². The van der Waals surface area contributed by atoms with Crippen LogP contribution in [0.5, 0.6) is 11.5 Å². The molecule has 0 spiro atoms. The number of thiophene rings is 1. The Bertz CT molecular complexity index is 841. The second-order valence-electron chi connectivity index (χ2n) is 7.25. The highest BCUT2D eigenvalue weighted by Gasteiger charge is 2.28. The van der Waals surface area contributed by atoms with Gasteiger partial charge in [-0.3, -0.25) is 4.79 Å². The SMILES string of the molecule is COc1ccc(CCNC(=O)C2CCCN(C(=O)NCc3cccs3)C2)cc1OC. The first-order valence-corrected chi connectivity index (χ1v) is 11.0. The van der Waals surface area contributed by atoms with Gasteiger partial charge in [-0.05, 0) is 48.4 Å². The number of hydrogen-bond acceptors (Lipinski definition) is 5. The Morgan fingerprint density at radius 3 is 2.73 bits per heavy atom. The molecule has 1 fully saturated rings. The minimum absolute atomic E-state index is 0.00577. The molecule has 3 amide bonds. The van der Waals surface area contributed by atoms with E-state index in [4.69, 9.17) is 9.47 Å². The number of ether oxygens (including phenoxy) is 2.